The lowest BCUT2D eigenvalue weighted by Crippen LogP contribution is -2.25. The molecular weight excluding hydrogens is 273 g/mol. The molecule has 3 nitrogen and oxygen atoms in total. The van der Waals surface area contributed by atoms with Gasteiger partial charge in [-0.3, -0.25) is 9.63 Å². The Kier molecular flexibility index (Phi) is 5.04. The number of nitrogens with one attached hydrogen (secondary N) is 1. The van der Waals surface area contributed by atoms with Crippen LogP contribution in [0.15, 0.2) is 30.3 Å². The van der Waals surface area contributed by atoms with Gasteiger partial charge >= 0.3 is 0 Å². The zero-order chi connectivity index (χ0) is 16.3. The van der Waals surface area contributed by atoms with Crippen LogP contribution in [0.2, 0.25) is 0 Å². The molecule has 1 amide bonds. The number of amides is 1. The lowest BCUT2D eigenvalue weighted by atomic mass is 9.80. The molecule has 112 valence electrons. The fourth-order valence-corrected chi connectivity index (χ4v) is 2.46. The highest BCUT2D eigenvalue weighted by Gasteiger charge is 2.12. The fraction of sp³-hybridized carbons (Fsp3) is 0.278. The summed E-state index contributed by atoms with van der Waals surface area (Å²) in [5.74, 6) is -0.250. The van der Waals surface area contributed by atoms with E-state index in [1.807, 2.05) is 45.9 Å². The van der Waals surface area contributed by atoms with Gasteiger partial charge in [0.1, 0.15) is 14.5 Å². The Hall–Kier alpha value is -2.07. The van der Waals surface area contributed by atoms with Crippen LogP contribution in [0, 0.1) is 27.7 Å². The third-order valence-corrected chi connectivity index (χ3v) is 4.26. The monoisotopic (exact) mass is 293 g/mol. The second kappa shape index (κ2) is 6.80. The van der Waals surface area contributed by atoms with Gasteiger partial charge in [-0.1, -0.05) is 34.8 Å². The smallest absolute Gasteiger partial charge is 0.269 e. The number of carbonyl (C=O) groups is 1. The first-order valence-corrected chi connectivity index (χ1v) is 7.25. The zero-order valence-electron chi connectivity index (χ0n) is 13.5. The molecular formula is C18H20BNO2. The average Bonchev–Trinajstić information content (AvgIpc) is 2.55. The Morgan fingerprint density at radius 1 is 1.00 bits per heavy atom. The van der Waals surface area contributed by atoms with E-state index in [0.717, 1.165) is 33.3 Å². The Labute approximate surface area is 133 Å². The molecule has 2 aromatic rings. The molecule has 0 spiro atoms. The molecule has 0 aliphatic carbocycles. The van der Waals surface area contributed by atoms with Gasteiger partial charge in [-0.2, -0.15) is 0 Å². The summed E-state index contributed by atoms with van der Waals surface area (Å²) in [5, 5.41) is 0. The van der Waals surface area contributed by atoms with E-state index in [0.29, 0.717) is 12.2 Å². The molecule has 2 aromatic carbocycles. The van der Waals surface area contributed by atoms with Crippen molar-refractivity contribution in [2.75, 3.05) is 0 Å². The minimum absolute atomic E-state index is 0.250. The predicted octanol–water partition coefficient (Wildman–Crippen LogP) is 2.58. The second-order valence-corrected chi connectivity index (χ2v) is 5.48. The number of carbonyl (C=O) groups excluding carboxylic acids is 1. The maximum Gasteiger partial charge on any atom is 0.274 e. The summed E-state index contributed by atoms with van der Waals surface area (Å²) in [7, 11) is 6.09. The Bertz CT molecular complexity index is 667. The number of hydroxylamine groups is 1. The summed E-state index contributed by atoms with van der Waals surface area (Å²) < 4.78 is 0. The molecule has 0 aliphatic rings. The molecule has 0 bridgehead atoms. The molecule has 0 atom stereocenters. The van der Waals surface area contributed by atoms with Gasteiger partial charge in [0.05, 0.1) is 0 Å². The number of hydrogen-bond donors (Lipinski definition) is 1. The van der Waals surface area contributed by atoms with Gasteiger partial charge < -0.3 is 0 Å². The molecule has 0 saturated carbocycles. The van der Waals surface area contributed by atoms with Crippen molar-refractivity contribution in [3.8, 4) is 0 Å². The van der Waals surface area contributed by atoms with Crippen LogP contribution in [0.1, 0.15) is 38.2 Å². The Morgan fingerprint density at radius 3 is 2.09 bits per heavy atom. The molecule has 0 fully saturated rings. The molecule has 1 N–H and O–H groups in total. The summed E-state index contributed by atoms with van der Waals surface area (Å²) in [5.41, 5.74) is 9.29. The topological polar surface area (TPSA) is 38.3 Å². The molecule has 0 aliphatic heterocycles. The molecule has 0 heterocycles. The first kappa shape index (κ1) is 16.3. The van der Waals surface area contributed by atoms with E-state index < -0.39 is 0 Å². The van der Waals surface area contributed by atoms with E-state index in [1.54, 1.807) is 12.1 Å². The lowest BCUT2D eigenvalue weighted by molar-refractivity contribution is 0.0230. The Morgan fingerprint density at radius 2 is 1.55 bits per heavy atom. The van der Waals surface area contributed by atoms with E-state index in [2.05, 4.69) is 5.48 Å². The Balaban J connectivity index is 2.08. The average molecular weight is 293 g/mol. The third kappa shape index (κ3) is 3.23. The maximum absolute atomic E-state index is 11.9. The lowest BCUT2D eigenvalue weighted by Gasteiger charge is -2.19. The first-order valence-electron chi connectivity index (χ1n) is 7.25. The predicted molar refractivity (Wildman–Crippen MR) is 89.5 cm³/mol. The van der Waals surface area contributed by atoms with Crippen molar-refractivity contribution in [1.82, 2.24) is 5.48 Å². The SMILES string of the molecule is [B]c1c(C)c(C)c(CONC(=O)c2ccccc2)c(C)c1C. The highest BCUT2D eigenvalue weighted by atomic mass is 16.6. The standard InChI is InChI=1S/C18H20BNO2/c1-11-13(3)17(19)14(4)12(2)16(11)10-22-20-18(21)15-8-6-5-7-9-15/h5-9H,10H2,1-4H3,(H,20,21). The van der Waals surface area contributed by atoms with Gasteiger partial charge in [-0.25, -0.2) is 5.48 Å². The number of hydrogen-bond acceptors (Lipinski definition) is 2. The third-order valence-electron chi connectivity index (χ3n) is 4.26. The fourth-order valence-electron chi connectivity index (χ4n) is 2.46. The van der Waals surface area contributed by atoms with E-state index in [9.17, 15) is 4.79 Å². The van der Waals surface area contributed by atoms with Crippen LogP contribution in [0.25, 0.3) is 0 Å². The first-order chi connectivity index (χ1) is 10.4. The van der Waals surface area contributed by atoms with Crippen molar-refractivity contribution >= 4 is 19.2 Å². The normalized spacial score (nSPS) is 10.5. The quantitative estimate of drug-likeness (QED) is 0.695. The van der Waals surface area contributed by atoms with Gasteiger partial charge in [0.15, 0.2) is 0 Å². The second-order valence-electron chi connectivity index (χ2n) is 5.48. The van der Waals surface area contributed by atoms with Crippen LogP contribution in [-0.2, 0) is 11.4 Å². The van der Waals surface area contributed by atoms with Crippen molar-refractivity contribution in [3.63, 3.8) is 0 Å². The highest BCUT2D eigenvalue weighted by Crippen LogP contribution is 2.20. The molecule has 2 radical (unpaired) electrons. The van der Waals surface area contributed by atoms with Gasteiger partial charge in [-0.05, 0) is 56.5 Å². The number of benzene rings is 2. The minimum atomic E-state index is -0.250. The van der Waals surface area contributed by atoms with Crippen molar-refractivity contribution in [2.24, 2.45) is 0 Å². The molecule has 0 saturated heterocycles. The van der Waals surface area contributed by atoms with Gasteiger partial charge in [-0.15, -0.1) is 0 Å². The van der Waals surface area contributed by atoms with Crippen molar-refractivity contribution < 1.29 is 9.63 Å². The summed E-state index contributed by atoms with van der Waals surface area (Å²) in [4.78, 5) is 17.3. The van der Waals surface area contributed by atoms with Gasteiger partial charge in [0, 0.05) is 5.56 Å². The van der Waals surface area contributed by atoms with Crippen LogP contribution in [0.4, 0.5) is 0 Å². The van der Waals surface area contributed by atoms with Crippen LogP contribution in [0.5, 0.6) is 0 Å². The molecule has 2 rings (SSSR count). The number of rotatable bonds is 4. The summed E-state index contributed by atoms with van der Waals surface area (Å²) in [6.45, 7) is 8.37. The molecule has 0 unspecified atom stereocenters. The molecule has 0 aromatic heterocycles. The minimum Gasteiger partial charge on any atom is -0.269 e. The van der Waals surface area contributed by atoms with Crippen molar-refractivity contribution in [1.29, 1.82) is 0 Å². The summed E-state index contributed by atoms with van der Waals surface area (Å²) in [6.07, 6.45) is 0. The van der Waals surface area contributed by atoms with Gasteiger partial charge in [0.2, 0.25) is 0 Å². The zero-order valence-corrected chi connectivity index (χ0v) is 13.5. The molecule has 22 heavy (non-hydrogen) atoms. The van der Waals surface area contributed by atoms with E-state index in [1.165, 1.54) is 0 Å². The van der Waals surface area contributed by atoms with Crippen LogP contribution in [-0.4, -0.2) is 13.8 Å². The van der Waals surface area contributed by atoms with Crippen molar-refractivity contribution in [3.05, 3.63) is 63.7 Å². The van der Waals surface area contributed by atoms with Crippen LogP contribution < -0.4 is 10.9 Å². The molecule has 4 heteroatoms. The summed E-state index contributed by atoms with van der Waals surface area (Å²) in [6, 6.07) is 8.98. The van der Waals surface area contributed by atoms with E-state index >= 15 is 0 Å². The van der Waals surface area contributed by atoms with Crippen LogP contribution in [0.3, 0.4) is 0 Å². The van der Waals surface area contributed by atoms with Crippen molar-refractivity contribution in [2.45, 2.75) is 34.3 Å². The largest absolute Gasteiger partial charge is 0.274 e. The highest BCUT2D eigenvalue weighted by molar-refractivity contribution is 6.34. The van der Waals surface area contributed by atoms with Gasteiger partial charge in [0.25, 0.3) is 5.91 Å². The van der Waals surface area contributed by atoms with Crippen LogP contribution >= 0.6 is 0 Å². The summed E-state index contributed by atoms with van der Waals surface area (Å²) >= 11 is 0. The van der Waals surface area contributed by atoms with E-state index in [4.69, 9.17) is 12.7 Å². The maximum atomic E-state index is 11.9. The van der Waals surface area contributed by atoms with E-state index in [-0.39, 0.29) is 5.91 Å².